The van der Waals surface area contributed by atoms with Gasteiger partial charge in [-0.25, -0.2) is 8.78 Å². The Morgan fingerprint density at radius 3 is 2.58 bits per heavy atom. The molecule has 1 rings (SSSR count). The highest BCUT2D eigenvalue weighted by molar-refractivity contribution is 6.17. The van der Waals surface area contributed by atoms with Gasteiger partial charge in [-0.05, 0) is 5.56 Å². The summed E-state index contributed by atoms with van der Waals surface area (Å²) in [6.45, 7) is 0. The number of aromatic nitrogens is 1. The van der Waals surface area contributed by atoms with Crippen LogP contribution in [-0.4, -0.2) is 4.98 Å². The number of rotatable bonds is 2. The third kappa shape index (κ3) is 1.64. The Hall–Kier alpha value is -0.900. The van der Waals surface area contributed by atoms with Crippen molar-refractivity contribution in [1.29, 1.82) is 0 Å². The number of hydrogen-bond acceptors (Lipinski definition) is 2. The largest absolute Gasteiger partial charge is 0.397 e. The van der Waals surface area contributed by atoms with E-state index in [1.807, 2.05) is 0 Å². The molecule has 0 amide bonds. The van der Waals surface area contributed by atoms with Gasteiger partial charge in [0.25, 0.3) is 6.43 Å². The van der Waals surface area contributed by atoms with E-state index in [9.17, 15) is 8.78 Å². The maximum Gasteiger partial charge on any atom is 0.266 e. The highest BCUT2D eigenvalue weighted by Crippen LogP contribution is 2.28. The zero-order valence-electron chi connectivity index (χ0n) is 6.10. The quantitative estimate of drug-likeness (QED) is 0.731. The minimum atomic E-state index is -2.60. The highest BCUT2D eigenvalue weighted by atomic mass is 35.5. The minimum Gasteiger partial charge on any atom is -0.397 e. The maximum absolute atomic E-state index is 12.3. The number of nitrogens with two attached hydrogens (primary N) is 1. The molecule has 0 saturated heterocycles. The SMILES string of the molecule is Nc1cncc(CCl)c1C(F)F. The molecule has 0 saturated carbocycles. The van der Waals surface area contributed by atoms with Gasteiger partial charge in [0, 0.05) is 17.6 Å². The normalized spacial score (nSPS) is 10.7. The summed E-state index contributed by atoms with van der Waals surface area (Å²) >= 11 is 5.42. The summed E-state index contributed by atoms with van der Waals surface area (Å²) in [5.74, 6) is -0.00227. The van der Waals surface area contributed by atoms with Crippen LogP contribution in [0, 0.1) is 0 Å². The zero-order valence-corrected chi connectivity index (χ0v) is 6.85. The molecule has 0 spiro atoms. The molecule has 2 N–H and O–H groups in total. The fraction of sp³-hybridized carbons (Fsp3) is 0.286. The Balaban J connectivity index is 3.20. The molecule has 12 heavy (non-hydrogen) atoms. The Morgan fingerprint density at radius 2 is 2.17 bits per heavy atom. The lowest BCUT2D eigenvalue weighted by molar-refractivity contribution is 0.151. The monoisotopic (exact) mass is 192 g/mol. The third-order valence-electron chi connectivity index (χ3n) is 1.46. The lowest BCUT2D eigenvalue weighted by atomic mass is 10.1. The van der Waals surface area contributed by atoms with Crippen molar-refractivity contribution in [2.75, 3.05) is 5.73 Å². The molecule has 1 aromatic rings. The smallest absolute Gasteiger partial charge is 0.266 e. The summed E-state index contributed by atoms with van der Waals surface area (Å²) in [7, 11) is 0. The molecule has 0 radical (unpaired) electrons. The highest BCUT2D eigenvalue weighted by Gasteiger charge is 2.15. The van der Waals surface area contributed by atoms with Gasteiger partial charge in [0.1, 0.15) is 0 Å². The number of hydrogen-bond donors (Lipinski definition) is 1. The van der Waals surface area contributed by atoms with Gasteiger partial charge in [0.05, 0.1) is 11.9 Å². The van der Waals surface area contributed by atoms with Gasteiger partial charge in [0.15, 0.2) is 0 Å². The third-order valence-corrected chi connectivity index (χ3v) is 1.75. The van der Waals surface area contributed by atoms with Crippen molar-refractivity contribution < 1.29 is 8.78 Å². The first-order chi connectivity index (χ1) is 5.66. The molecule has 5 heteroatoms. The van der Waals surface area contributed by atoms with E-state index in [2.05, 4.69) is 4.98 Å². The van der Waals surface area contributed by atoms with Crippen molar-refractivity contribution in [3.63, 3.8) is 0 Å². The van der Waals surface area contributed by atoms with E-state index >= 15 is 0 Å². The summed E-state index contributed by atoms with van der Waals surface area (Å²) < 4.78 is 24.6. The summed E-state index contributed by atoms with van der Waals surface area (Å²) in [5, 5.41) is 0. The van der Waals surface area contributed by atoms with Gasteiger partial charge in [-0.15, -0.1) is 11.6 Å². The fourth-order valence-corrected chi connectivity index (χ4v) is 1.12. The Morgan fingerprint density at radius 1 is 1.50 bits per heavy atom. The van der Waals surface area contributed by atoms with Crippen molar-refractivity contribution in [3.05, 3.63) is 23.5 Å². The predicted octanol–water partition coefficient (Wildman–Crippen LogP) is 2.34. The summed E-state index contributed by atoms with van der Waals surface area (Å²) in [6, 6.07) is 0. The van der Waals surface area contributed by atoms with E-state index in [-0.39, 0.29) is 22.7 Å². The van der Waals surface area contributed by atoms with Crippen LogP contribution in [0.25, 0.3) is 0 Å². The Bertz CT molecular complexity index is 278. The molecule has 66 valence electrons. The molecule has 0 aliphatic rings. The summed E-state index contributed by atoms with van der Waals surface area (Å²) in [6.07, 6.45) is -0.107. The van der Waals surface area contributed by atoms with Crippen LogP contribution in [0.3, 0.4) is 0 Å². The first-order valence-electron chi connectivity index (χ1n) is 3.23. The van der Waals surface area contributed by atoms with Crippen LogP contribution in [0.1, 0.15) is 17.6 Å². The van der Waals surface area contributed by atoms with Crippen LogP contribution in [0.4, 0.5) is 14.5 Å². The molecular formula is C7H7ClF2N2. The van der Waals surface area contributed by atoms with Gasteiger partial charge >= 0.3 is 0 Å². The van der Waals surface area contributed by atoms with Crippen LogP contribution in [0.2, 0.25) is 0 Å². The standard InChI is InChI=1S/C7H7ClF2N2/c8-1-4-2-12-3-5(11)6(4)7(9)10/h2-3,7H,1,11H2. The number of alkyl halides is 3. The topological polar surface area (TPSA) is 38.9 Å². The second kappa shape index (κ2) is 3.67. The molecule has 0 aliphatic heterocycles. The van der Waals surface area contributed by atoms with E-state index in [0.717, 1.165) is 0 Å². The number of pyridine rings is 1. The number of nitrogens with zero attached hydrogens (tertiary/aromatic N) is 1. The van der Waals surface area contributed by atoms with Gasteiger partial charge in [0.2, 0.25) is 0 Å². The maximum atomic E-state index is 12.3. The van der Waals surface area contributed by atoms with Crippen LogP contribution in [-0.2, 0) is 5.88 Å². The second-order valence-electron chi connectivity index (χ2n) is 2.24. The van der Waals surface area contributed by atoms with Crippen molar-refractivity contribution in [2.24, 2.45) is 0 Å². The lowest BCUT2D eigenvalue weighted by Gasteiger charge is -2.07. The number of nitrogen functional groups attached to an aromatic ring is 1. The molecule has 0 aliphatic carbocycles. The minimum absolute atomic E-state index is 0.00227. The Kier molecular flexibility index (Phi) is 2.81. The van der Waals surface area contributed by atoms with E-state index in [1.54, 1.807) is 0 Å². The fourth-order valence-electron chi connectivity index (χ4n) is 0.905. The van der Waals surface area contributed by atoms with Crippen LogP contribution < -0.4 is 5.73 Å². The van der Waals surface area contributed by atoms with Gasteiger partial charge in [-0.1, -0.05) is 0 Å². The van der Waals surface area contributed by atoms with E-state index in [0.29, 0.717) is 0 Å². The average Bonchev–Trinajstić information content (AvgIpc) is 2.03. The lowest BCUT2D eigenvalue weighted by Crippen LogP contribution is -2.00. The van der Waals surface area contributed by atoms with Crippen molar-refractivity contribution >= 4 is 17.3 Å². The molecule has 0 fully saturated rings. The molecule has 1 aromatic heterocycles. The van der Waals surface area contributed by atoms with Crippen LogP contribution in [0.15, 0.2) is 12.4 Å². The molecular weight excluding hydrogens is 186 g/mol. The average molecular weight is 193 g/mol. The van der Waals surface area contributed by atoms with Crippen LogP contribution >= 0.6 is 11.6 Å². The molecule has 0 aromatic carbocycles. The van der Waals surface area contributed by atoms with E-state index < -0.39 is 6.43 Å². The second-order valence-corrected chi connectivity index (χ2v) is 2.50. The Labute approximate surface area is 73.4 Å². The number of anilines is 1. The molecule has 0 bridgehead atoms. The van der Waals surface area contributed by atoms with Crippen LogP contribution in [0.5, 0.6) is 0 Å². The summed E-state index contributed by atoms with van der Waals surface area (Å²) in [4.78, 5) is 3.66. The van der Waals surface area contributed by atoms with Crippen molar-refractivity contribution in [1.82, 2.24) is 4.98 Å². The van der Waals surface area contributed by atoms with Gasteiger partial charge < -0.3 is 5.73 Å². The van der Waals surface area contributed by atoms with E-state index in [4.69, 9.17) is 17.3 Å². The predicted molar refractivity (Wildman–Crippen MR) is 43.2 cm³/mol. The van der Waals surface area contributed by atoms with Gasteiger partial charge in [-0.2, -0.15) is 0 Å². The zero-order chi connectivity index (χ0) is 9.14. The molecule has 2 nitrogen and oxygen atoms in total. The van der Waals surface area contributed by atoms with Crippen molar-refractivity contribution in [2.45, 2.75) is 12.3 Å². The molecule has 0 atom stereocenters. The van der Waals surface area contributed by atoms with Crippen molar-refractivity contribution in [3.8, 4) is 0 Å². The van der Waals surface area contributed by atoms with E-state index in [1.165, 1.54) is 12.4 Å². The number of halogens is 3. The van der Waals surface area contributed by atoms with Gasteiger partial charge in [-0.3, -0.25) is 4.98 Å². The summed E-state index contributed by atoms with van der Waals surface area (Å²) in [5.41, 5.74) is 5.36. The first kappa shape index (κ1) is 9.19. The first-order valence-corrected chi connectivity index (χ1v) is 3.76. The molecule has 0 unspecified atom stereocenters. The molecule has 1 heterocycles.